The molecule has 0 aliphatic carbocycles. The topological polar surface area (TPSA) is 63.9 Å². The third-order valence-electron chi connectivity index (χ3n) is 4.88. The van der Waals surface area contributed by atoms with Gasteiger partial charge in [0, 0.05) is 13.1 Å². The minimum Gasteiger partial charge on any atom is -0.342 e. The van der Waals surface area contributed by atoms with Gasteiger partial charge >= 0.3 is 0 Å². The lowest BCUT2D eigenvalue weighted by atomic mass is 10.2. The molecule has 3 aromatic rings. The maximum Gasteiger partial charge on any atom is 0.235 e. The van der Waals surface area contributed by atoms with Crippen LogP contribution >= 0.6 is 11.8 Å². The molecular weight excluding hydrogens is 358 g/mol. The number of aromatic nitrogens is 4. The van der Waals surface area contributed by atoms with E-state index >= 15 is 0 Å². The Morgan fingerprint density at radius 2 is 1.81 bits per heavy atom. The Labute approximate surface area is 163 Å². The van der Waals surface area contributed by atoms with Crippen LogP contribution in [0.1, 0.15) is 32.6 Å². The Hall–Kier alpha value is -2.41. The van der Waals surface area contributed by atoms with Crippen LogP contribution in [0.3, 0.4) is 0 Å². The number of hydrogen-bond acceptors (Lipinski definition) is 5. The minimum atomic E-state index is -0.179. The second-order valence-electron chi connectivity index (χ2n) is 6.81. The van der Waals surface area contributed by atoms with Crippen molar-refractivity contribution in [3.8, 4) is 5.69 Å². The monoisotopic (exact) mass is 381 g/mol. The molecule has 2 aromatic heterocycles. The number of benzene rings is 1. The summed E-state index contributed by atoms with van der Waals surface area (Å²) in [5.41, 5.74) is 1.71. The maximum absolute atomic E-state index is 12.9. The third kappa shape index (κ3) is 3.83. The van der Waals surface area contributed by atoms with Gasteiger partial charge < -0.3 is 4.90 Å². The Balaban J connectivity index is 1.57. The molecule has 0 bridgehead atoms. The summed E-state index contributed by atoms with van der Waals surface area (Å²) in [7, 11) is 0. The zero-order chi connectivity index (χ0) is 18.6. The fourth-order valence-corrected chi connectivity index (χ4v) is 4.40. The van der Waals surface area contributed by atoms with E-state index in [0.29, 0.717) is 0 Å². The van der Waals surface area contributed by atoms with Gasteiger partial charge in [-0.3, -0.25) is 4.79 Å². The van der Waals surface area contributed by atoms with Gasteiger partial charge in [-0.2, -0.15) is 5.10 Å². The summed E-state index contributed by atoms with van der Waals surface area (Å²) < 4.78 is 1.81. The molecule has 1 fully saturated rings. The van der Waals surface area contributed by atoms with Crippen LogP contribution in [0, 0.1) is 0 Å². The molecule has 1 unspecified atom stereocenters. The largest absolute Gasteiger partial charge is 0.342 e. The quantitative estimate of drug-likeness (QED) is 0.509. The highest BCUT2D eigenvalue weighted by atomic mass is 32.2. The molecule has 3 heterocycles. The third-order valence-corrected chi connectivity index (χ3v) is 5.99. The number of hydrogen-bond donors (Lipinski definition) is 0. The van der Waals surface area contributed by atoms with Gasteiger partial charge in [-0.05, 0) is 31.9 Å². The zero-order valence-electron chi connectivity index (χ0n) is 15.4. The number of amides is 1. The summed E-state index contributed by atoms with van der Waals surface area (Å²) in [6.45, 7) is 3.71. The van der Waals surface area contributed by atoms with E-state index in [1.54, 1.807) is 12.5 Å². The highest BCUT2D eigenvalue weighted by Crippen LogP contribution is 2.30. The van der Waals surface area contributed by atoms with E-state index in [4.69, 9.17) is 0 Å². The first-order valence-electron chi connectivity index (χ1n) is 9.43. The lowest BCUT2D eigenvalue weighted by Crippen LogP contribution is -2.37. The fourth-order valence-electron chi connectivity index (χ4n) is 3.44. The van der Waals surface area contributed by atoms with Crippen molar-refractivity contribution in [2.45, 2.75) is 42.9 Å². The van der Waals surface area contributed by atoms with Gasteiger partial charge in [-0.25, -0.2) is 14.6 Å². The van der Waals surface area contributed by atoms with Crippen molar-refractivity contribution in [3.63, 3.8) is 0 Å². The summed E-state index contributed by atoms with van der Waals surface area (Å²) in [5.74, 6) is 0.198. The molecule has 4 rings (SSSR count). The van der Waals surface area contributed by atoms with Crippen molar-refractivity contribution in [3.05, 3.63) is 42.9 Å². The maximum atomic E-state index is 12.9. The van der Waals surface area contributed by atoms with E-state index in [0.717, 1.165) is 47.7 Å². The summed E-state index contributed by atoms with van der Waals surface area (Å²) in [6.07, 6.45) is 7.98. The zero-order valence-corrected chi connectivity index (χ0v) is 16.2. The molecule has 0 radical (unpaired) electrons. The number of carbonyl (C=O) groups is 1. The first-order chi connectivity index (χ1) is 13.2. The van der Waals surface area contributed by atoms with Crippen LogP contribution in [0.4, 0.5) is 0 Å². The Morgan fingerprint density at radius 3 is 2.56 bits per heavy atom. The predicted octanol–water partition coefficient (Wildman–Crippen LogP) is 3.70. The van der Waals surface area contributed by atoms with Gasteiger partial charge in [0.1, 0.15) is 11.4 Å². The average Bonchev–Trinajstić information content (AvgIpc) is 2.95. The highest BCUT2D eigenvalue weighted by molar-refractivity contribution is 8.00. The van der Waals surface area contributed by atoms with Gasteiger partial charge in [-0.15, -0.1) is 0 Å². The summed E-state index contributed by atoms with van der Waals surface area (Å²) in [5, 5.41) is 5.99. The van der Waals surface area contributed by atoms with Crippen LogP contribution in [0.5, 0.6) is 0 Å². The van der Waals surface area contributed by atoms with Gasteiger partial charge in [0.25, 0.3) is 0 Å². The molecule has 0 spiro atoms. The number of carbonyl (C=O) groups excluding carboxylic acids is 1. The Bertz CT molecular complexity index is 919. The van der Waals surface area contributed by atoms with Crippen LogP contribution in [-0.2, 0) is 4.79 Å². The van der Waals surface area contributed by atoms with Crippen molar-refractivity contribution >= 4 is 28.7 Å². The van der Waals surface area contributed by atoms with Crippen LogP contribution in [0.15, 0.2) is 47.9 Å². The normalized spacial score (nSPS) is 16.3. The van der Waals surface area contributed by atoms with Crippen LogP contribution in [-0.4, -0.2) is 48.9 Å². The van der Waals surface area contributed by atoms with Crippen molar-refractivity contribution in [2.75, 3.05) is 13.1 Å². The fraction of sp³-hybridized carbons (Fsp3) is 0.400. The molecule has 1 saturated heterocycles. The lowest BCUT2D eigenvalue weighted by Gasteiger charge is -2.23. The number of rotatable bonds is 4. The van der Waals surface area contributed by atoms with E-state index < -0.39 is 0 Å². The van der Waals surface area contributed by atoms with Crippen molar-refractivity contribution in [1.82, 2.24) is 24.6 Å². The molecule has 6 nitrogen and oxygen atoms in total. The number of likely N-dealkylation sites (tertiary alicyclic amines) is 1. The standard InChI is InChI=1S/C20H23N5OS/c1-15(20(26)24-11-7-2-3-8-12-24)27-19-17-13-23-25(18(17)21-14-22-19)16-9-5-4-6-10-16/h4-6,9-10,13-15H,2-3,7-8,11-12H2,1H3. The Kier molecular flexibility index (Phi) is 5.38. The van der Waals surface area contributed by atoms with Gasteiger partial charge in [0.2, 0.25) is 5.91 Å². The van der Waals surface area contributed by atoms with Gasteiger partial charge in [-0.1, -0.05) is 42.8 Å². The molecule has 1 aliphatic heterocycles. The van der Waals surface area contributed by atoms with Crippen LogP contribution in [0.2, 0.25) is 0 Å². The first kappa shape index (κ1) is 18.0. The molecule has 1 atom stereocenters. The van der Waals surface area contributed by atoms with Crippen molar-refractivity contribution in [1.29, 1.82) is 0 Å². The average molecular weight is 382 g/mol. The predicted molar refractivity (Wildman–Crippen MR) is 107 cm³/mol. The highest BCUT2D eigenvalue weighted by Gasteiger charge is 2.24. The summed E-state index contributed by atoms with van der Waals surface area (Å²) in [6, 6.07) is 9.91. The van der Waals surface area contributed by atoms with E-state index in [2.05, 4.69) is 15.1 Å². The molecule has 140 valence electrons. The SMILES string of the molecule is CC(Sc1ncnc2c1cnn2-c1ccccc1)C(=O)N1CCCCCC1. The smallest absolute Gasteiger partial charge is 0.235 e. The molecule has 0 N–H and O–H groups in total. The number of nitrogens with zero attached hydrogens (tertiary/aromatic N) is 5. The summed E-state index contributed by atoms with van der Waals surface area (Å²) >= 11 is 1.49. The second-order valence-corrected chi connectivity index (χ2v) is 8.14. The van der Waals surface area contributed by atoms with Gasteiger partial charge in [0.05, 0.1) is 22.5 Å². The summed E-state index contributed by atoms with van der Waals surface area (Å²) in [4.78, 5) is 23.7. The van der Waals surface area contributed by atoms with E-state index in [1.165, 1.54) is 24.6 Å². The van der Waals surface area contributed by atoms with E-state index in [-0.39, 0.29) is 11.2 Å². The van der Waals surface area contributed by atoms with Crippen LogP contribution < -0.4 is 0 Å². The van der Waals surface area contributed by atoms with E-state index in [1.807, 2.05) is 46.8 Å². The minimum absolute atomic E-state index is 0.179. The van der Waals surface area contributed by atoms with Crippen LogP contribution in [0.25, 0.3) is 16.7 Å². The lowest BCUT2D eigenvalue weighted by molar-refractivity contribution is -0.130. The molecular formula is C20H23N5OS. The number of thioether (sulfide) groups is 1. The first-order valence-corrected chi connectivity index (χ1v) is 10.3. The second kappa shape index (κ2) is 8.08. The molecule has 1 aromatic carbocycles. The number of fused-ring (bicyclic) bond motifs is 1. The molecule has 7 heteroatoms. The molecule has 27 heavy (non-hydrogen) atoms. The molecule has 1 amide bonds. The van der Waals surface area contributed by atoms with E-state index in [9.17, 15) is 4.79 Å². The Morgan fingerprint density at radius 1 is 1.07 bits per heavy atom. The molecule has 1 aliphatic rings. The van der Waals surface area contributed by atoms with Gasteiger partial charge in [0.15, 0.2) is 5.65 Å². The number of para-hydroxylation sites is 1. The van der Waals surface area contributed by atoms with Crippen molar-refractivity contribution < 1.29 is 4.79 Å². The molecule has 0 saturated carbocycles. The van der Waals surface area contributed by atoms with Crippen molar-refractivity contribution in [2.24, 2.45) is 0 Å².